The standard InChI is InChI=1S/C10H13N3O4.H2S/c11-8(10(14)15)6-12-5-7-3-1-2-4-9(7)13(16)17;/h1-4,8,12H,5-6,11H2,(H,14,15);1H2/t8-;/m0./s1. The van der Waals surface area contributed by atoms with Crippen molar-refractivity contribution in [2.45, 2.75) is 12.6 Å². The molecule has 1 aromatic carbocycles. The largest absolute Gasteiger partial charge is 0.480 e. The number of nitro groups is 1. The number of nitrogens with one attached hydrogen (secondary N) is 1. The molecule has 8 heteroatoms. The normalized spacial score (nSPS) is 11.4. The van der Waals surface area contributed by atoms with Gasteiger partial charge in [-0.3, -0.25) is 14.9 Å². The molecule has 0 aliphatic carbocycles. The van der Waals surface area contributed by atoms with Crippen LogP contribution in [0, 0.1) is 10.1 Å². The molecule has 18 heavy (non-hydrogen) atoms. The number of carboxylic acids is 1. The van der Waals surface area contributed by atoms with E-state index in [1.54, 1.807) is 18.2 Å². The number of nitro benzene ring substituents is 1. The molecule has 0 saturated carbocycles. The summed E-state index contributed by atoms with van der Waals surface area (Å²) in [6.45, 7) is 0.263. The van der Waals surface area contributed by atoms with Gasteiger partial charge in [-0.15, -0.1) is 0 Å². The maximum absolute atomic E-state index is 10.7. The van der Waals surface area contributed by atoms with Crippen LogP contribution >= 0.6 is 13.5 Å². The molecule has 1 rings (SSSR count). The zero-order valence-electron chi connectivity index (χ0n) is 9.50. The van der Waals surface area contributed by atoms with Gasteiger partial charge in [0, 0.05) is 24.7 Å². The fraction of sp³-hybridized carbons (Fsp3) is 0.300. The summed E-state index contributed by atoms with van der Waals surface area (Å²) in [5.74, 6) is -1.11. The van der Waals surface area contributed by atoms with E-state index in [4.69, 9.17) is 10.8 Å². The second-order valence-corrected chi connectivity index (χ2v) is 3.46. The van der Waals surface area contributed by atoms with Gasteiger partial charge in [0.1, 0.15) is 6.04 Å². The van der Waals surface area contributed by atoms with Crippen molar-refractivity contribution in [2.75, 3.05) is 6.54 Å². The van der Waals surface area contributed by atoms with Crippen molar-refractivity contribution in [3.8, 4) is 0 Å². The van der Waals surface area contributed by atoms with Crippen LogP contribution in [-0.2, 0) is 11.3 Å². The molecule has 0 fully saturated rings. The van der Waals surface area contributed by atoms with E-state index in [9.17, 15) is 14.9 Å². The van der Waals surface area contributed by atoms with Crippen LogP contribution in [0.3, 0.4) is 0 Å². The summed E-state index contributed by atoms with van der Waals surface area (Å²) < 4.78 is 0. The molecule has 1 aromatic rings. The summed E-state index contributed by atoms with van der Waals surface area (Å²) >= 11 is 0. The van der Waals surface area contributed by atoms with Gasteiger partial charge in [0.15, 0.2) is 0 Å². The Bertz CT molecular complexity index is 427. The zero-order chi connectivity index (χ0) is 12.8. The molecule has 1 atom stereocenters. The molecule has 0 radical (unpaired) electrons. The highest BCUT2D eigenvalue weighted by Crippen LogP contribution is 2.16. The van der Waals surface area contributed by atoms with Gasteiger partial charge in [0.25, 0.3) is 5.69 Å². The monoisotopic (exact) mass is 273 g/mol. The quantitative estimate of drug-likeness (QED) is 0.503. The van der Waals surface area contributed by atoms with Crippen LogP contribution in [0.25, 0.3) is 0 Å². The maximum Gasteiger partial charge on any atom is 0.321 e. The third-order valence-corrected chi connectivity index (χ3v) is 2.19. The van der Waals surface area contributed by atoms with E-state index < -0.39 is 16.9 Å². The highest BCUT2D eigenvalue weighted by atomic mass is 32.1. The van der Waals surface area contributed by atoms with Gasteiger partial charge in [-0.25, -0.2) is 0 Å². The third kappa shape index (κ3) is 4.70. The summed E-state index contributed by atoms with van der Waals surface area (Å²) in [4.78, 5) is 20.7. The lowest BCUT2D eigenvalue weighted by Gasteiger charge is -2.08. The molecule has 0 bridgehead atoms. The lowest BCUT2D eigenvalue weighted by Crippen LogP contribution is -2.40. The zero-order valence-corrected chi connectivity index (χ0v) is 10.5. The van der Waals surface area contributed by atoms with Gasteiger partial charge in [0.2, 0.25) is 0 Å². The first-order valence-corrected chi connectivity index (χ1v) is 4.93. The summed E-state index contributed by atoms with van der Waals surface area (Å²) in [5, 5.41) is 22.0. The van der Waals surface area contributed by atoms with Crippen molar-refractivity contribution in [1.82, 2.24) is 5.32 Å². The number of nitrogens with zero attached hydrogens (tertiary/aromatic N) is 1. The predicted octanol–water partition coefficient (Wildman–Crippen LogP) is 0.209. The highest BCUT2D eigenvalue weighted by molar-refractivity contribution is 7.59. The van der Waals surface area contributed by atoms with Gasteiger partial charge in [-0.05, 0) is 0 Å². The lowest BCUT2D eigenvalue weighted by molar-refractivity contribution is -0.385. The number of nitrogens with two attached hydrogens (primary N) is 1. The Morgan fingerprint density at radius 2 is 2.11 bits per heavy atom. The average Bonchev–Trinajstić information content (AvgIpc) is 2.29. The Kier molecular flexibility index (Phi) is 6.94. The summed E-state index contributed by atoms with van der Waals surface area (Å²) in [6, 6.07) is 5.25. The maximum atomic E-state index is 10.7. The van der Waals surface area contributed by atoms with E-state index in [-0.39, 0.29) is 32.3 Å². The molecule has 4 N–H and O–H groups in total. The molecule has 0 spiro atoms. The minimum absolute atomic E-state index is 0. The number of hydrogen-bond acceptors (Lipinski definition) is 5. The Morgan fingerprint density at radius 3 is 2.67 bits per heavy atom. The van der Waals surface area contributed by atoms with Crippen LogP contribution in [0.1, 0.15) is 5.56 Å². The smallest absolute Gasteiger partial charge is 0.321 e. The van der Waals surface area contributed by atoms with Crippen molar-refractivity contribution >= 4 is 25.2 Å². The first-order valence-electron chi connectivity index (χ1n) is 4.93. The minimum atomic E-state index is -1.11. The summed E-state index contributed by atoms with van der Waals surface area (Å²) in [5.41, 5.74) is 5.78. The first kappa shape index (κ1) is 16.4. The van der Waals surface area contributed by atoms with Crippen molar-refractivity contribution in [3.05, 3.63) is 39.9 Å². The Labute approximate surface area is 111 Å². The Morgan fingerprint density at radius 1 is 1.50 bits per heavy atom. The van der Waals surface area contributed by atoms with Crippen LogP contribution in [-0.4, -0.2) is 28.6 Å². The second-order valence-electron chi connectivity index (χ2n) is 3.46. The molecular formula is C10H15N3O4S. The fourth-order valence-corrected chi connectivity index (χ4v) is 1.29. The van der Waals surface area contributed by atoms with Crippen molar-refractivity contribution < 1.29 is 14.8 Å². The molecule has 0 amide bonds. The number of benzene rings is 1. The van der Waals surface area contributed by atoms with Crippen LogP contribution < -0.4 is 11.1 Å². The van der Waals surface area contributed by atoms with E-state index in [1.807, 2.05) is 0 Å². The molecule has 0 aliphatic heterocycles. The summed E-state index contributed by atoms with van der Waals surface area (Å²) in [6.07, 6.45) is 0. The second kappa shape index (κ2) is 7.64. The van der Waals surface area contributed by atoms with Crippen molar-refractivity contribution in [1.29, 1.82) is 0 Å². The molecule has 0 aliphatic rings. The van der Waals surface area contributed by atoms with Gasteiger partial charge in [-0.1, -0.05) is 18.2 Å². The number of aliphatic carboxylic acids is 1. The fourth-order valence-electron chi connectivity index (χ4n) is 1.29. The lowest BCUT2D eigenvalue weighted by atomic mass is 10.2. The molecule has 0 aromatic heterocycles. The number of hydrogen-bond donors (Lipinski definition) is 3. The molecular weight excluding hydrogens is 258 g/mol. The molecule has 7 nitrogen and oxygen atoms in total. The summed E-state index contributed by atoms with van der Waals surface area (Å²) in [7, 11) is 0. The van der Waals surface area contributed by atoms with E-state index in [2.05, 4.69) is 5.32 Å². The van der Waals surface area contributed by atoms with Crippen LogP contribution in [0.15, 0.2) is 24.3 Å². The number of carbonyl (C=O) groups is 1. The van der Waals surface area contributed by atoms with E-state index in [1.165, 1.54) is 6.07 Å². The average molecular weight is 273 g/mol. The van der Waals surface area contributed by atoms with Crippen LogP contribution in [0.5, 0.6) is 0 Å². The predicted molar refractivity (Wildman–Crippen MR) is 70.8 cm³/mol. The van der Waals surface area contributed by atoms with Crippen molar-refractivity contribution in [3.63, 3.8) is 0 Å². The molecule has 0 heterocycles. The van der Waals surface area contributed by atoms with E-state index in [0.717, 1.165) is 0 Å². The Balaban J connectivity index is 0.00000289. The van der Waals surface area contributed by atoms with E-state index >= 15 is 0 Å². The number of para-hydroxylation sites is 1. The number of rotatable bonds is 6. The molecule has 0 saturated heterocycles. The SMILES string of the molecule is N[C@@H](CNCc1ccccc1[N+](=O)[O-])C(=O)O.S. The van der Waals surface area contributed by atoms with Crippen LogP contribution in [0.4, 0.5) is 5.69 Å². The molecule has 0 unspecified atom stereocenters. The van der Waals surface area contributed by atoms with Crippen LogP contribution in [0.2, 0.25) is 0 Å². The number of carboxylic acid groups (broad SMARTS) is 1. The van der Waals surface area contributed by atoms with Gasteiger partial charge < -0.3 is 16.2 Å². The van der Waals surface area contributed by atoms with Gasteiger partial charge in [0.05, 0.1) is 4.92 Å². The highest BCUT2D eigenvalue weighted by Gasteiger charge is 2.14. The first-order chi connectivity index (χ1) is 8.02. The topological polar surface area (TPSA) is 118 Å². The minimum Gasteiger partial charge on any atom is -0.480 e. The third-order valence-electron chi connectivity index (χ3n) is 2.19. The van der Waals surface area contributed by atoms with Gasteiger partial charge in [-0.2, -0.15) is 13.5 Å². The van der Waals surface area contributed by atoms with Gasteiger partial charge >= 0.3 is 5.97 Å². The van der Waals surface area contributed by atoms with Crippen molar-refractivity contribution in [2.24, 2.45) is 5.73 Å². The Hall–Kier alpha value is -1.64. The van der Waals surface area contributed by atoms with E-state index in [0.29, 0.717) is 5.56 Å². The molecule has 100 valence electrons.